The van der Waals surface area contributed by atoms with Crippen molar-refractivity contribution in [2.24, 2.45) is 0 Å². The highest BCUT2D eigenvalue weighted by Gasteiger charge is 2.20. The van der Waals surface area contributed by atoms with E-state index in [-0.39, 0.29) is 5.56 Å². The topological polar surface area (TPSA) is 39.8 Å². The molecular formula is C16H17N3OS. The van der Waals surface area contributed by atoms with Crippen LogP contribution in [-0.4, -0.2) is 14.3 Å². The zero-order valence-electron chi connectivity index (χ0n) is 12.2. The van der Waals surface area contributed by atoms with Crippen molar-refractivity contribution < 1.29 is 0 Å². The molecule has 0 bridgehead atoms. The third-order valence-electron chi connectivity index (χ3n) is 4.31. The maximum absolute atomic E-state index is 13.0. The van der Waals surface area contributed by atoms with Gasteiger partial charge >= 0.3 is 0 Å². The van der Waals surface area contributed by atoms with Gasteiger partial charge in [0.05, 0.1) is 5.39 Å². The lowest BCUT2D eigenvalue weighted by molar-refractivity contribution is 0.593. The molecule has 0 atom stereocenters. The summed E-state index contributed by atoms with van der Waals surface area (Å²) in [5, 5.41) is 0.838. The molecule has 0 spiro atoms. The molecule has 21 heavy (non-hydrogen) atoms. The average Bonchev–Trinajstić information content (AvgIpc) is 3.01. The standard InChI is InChI=1S/C16H17N3OS/c1-10-7-8-11(2)19(10)18-9-17-15-14(16(18)20)12-5-3-4-6-13(12)21-15/h7-9H,3-6H2,1-2H3. The summed E-state index contributed by atoms with van der Waals surface area (Å²) in [6.45, 7) is 4.01. The fourth-order valence-electron chi connectivity index (χ4n) is 3.28. The van der Waals surface area contributed by atoms with Gasteiger partial charge in [0.2, 0.25) is 0 Å². The maximum atomic E-state index is 13.0. The van der Waals surface area contributed by atoms with Crippen LogP contribution in [0.25, 0.3) is 10.2 Å². The van der Waals surface area contributed by atoms with E-state index in [4.69, 9.17) is 0 Å². The first kappa shape index (κ1) is 12.8. The molecule has 1 aliphatic rings. The highest BCUT2D eigenvalue weighted by molar-refractivity contribution is 7.18. The normalized spacial score (nSPS) is 14.6. The highest BCUT2D eigenvalue weighted by atomic mass is 32.1. The Morgan fingerprint density at radius 3 is 2.62 bits per heavy atom. The largest absolute Gasteiger partial charge is 0.281 e. The Hall–Kier alpha value is -1.88. The minimum atomic E-state index is 0.0572. The maximum Gasteiger partial charge on any atom is 0.281 e. The van der Waals surface area contributed by atoms with Crippen molar-refractivity contribution in [2.45, 2.75) is 39.5 Å². The number of aryl methyl sites for hydroxylation is 4. The van der Waals surface area contributed by atoms with Crippen LogP contribution in [0.5, 0.6) is 0 Å². The number of thiophene rings is 1. The van der Waals surface area contributed by atoms with Crippen molar-refractivity contribution in [2.75, 3.05) is 0 Å². The SMILES string of the molecule is Cc1ccc(C)n1-n1cnc2sc3c(c2c1=O)CCCC3. The Labute approximate surface area is 126 Å². The van der Waals surface area contributed by atoms with Crippen LogP contribution in [-0.2, 0) is 12.8 Å². The van der Waals surface area contributed by atoms with Crippen molar-refractivity contribution >= 4 is 21.6 Å². The number of fused-ring (bicyclic) bond motifs is 3. The summed E-state index contributed by atoms with van der Waals surface area (Å²) >= 11 is 1.69. The molecule has 3 aromatic heterocycles. The number of rotatable bonds is 1. The lowest BCUT2D eigenvalue weighted by Gasteiger charge is -2.13. The van der Waals surface area contributed by atoms with Gasteiger partial charge in [-0.25, -0.2) is 9.66 Å². The van der Waals surface area contributed by atoms with E-state index in [1.54, 1.807) is 22.3 Å². The van der Waals surface area contributed by atoms with Crippen molar-refractivity contribution in [1.29, 1.82) is 0 Å². The van der Waals surface area contributed by atoms with Crippen molar-refractivity contribution in [3.63, 3.8) is 0 Å². The summed E-state index contributed by atoms with van der Waals surface area (Å²) < 4.78 is 3.58. The first-order chi connectivity index (χ1) is 10.2. The second kappa shape index (κ2) is 4.56. The molecule has 0 aliphatic heterocycles. The molecule has 0 saturated carbocycles. The van der Waals surface area contributed by atoms with Gasteiger partial charge in [-0.3, -0.25) is 9.47 Å². The minimum Gasteiger partial charge on any atom is -0.267 e. The lowest BCUT2D eigenvalue weighted by atomic mass is 9.97. The van der Waals surface area contributed by atoms with Gasteiger partial charge < -0.3 is 0 Å². The first-order valence-electron chi connectivity index (χ1n) is 7.34. The van der Waals surface area contributed by atoms with Gasteiger partial charge in [0.25, 0.3) is 5.56 Å². The van der Waals surface area contributed by atoms with E-state index >= 15 is 0 Å². The fourth-order valence-corrected chi connectivity index (χ4v) is 4.50. The van der Waals surface area contributed by atoms with E-state index in [1.807, 2.05) is 30.7 Å². The van der Waals surface area contributed by atoms with Crippen LogP contribution >= 0.6 is 11.3 Å². The Bertz CT molecular complexity index is 881. The van der Waals surface area contributed by atoms with Crippen molar-refractivity contribution in [3.05, 3.63) is 50.6 Å². The van der Waals surface area contributed by atoms with Gasteiger partial charge in [0.1, 0.15) is 11.2 Å². The first-order valence-corrected chi connectivity index (χ1v) is 8.16. The monoisotopic (exact) mass is 299 g/mol. The van der Waals surface area contributed by atoms with Gasteiger partial charge in [-0.15, -0.1) is 11.3 Å². The van der Waals surface area contributed by atoms with Crippen molar-refractivity contribution in [3.8, 4) is 0 Å². The zero-order valence-corrected chi connectivity index (χ0v) is 13.0. The Kier molecular flexibility index (Phi) is 2.79. The second-order valence-corrected chi connectivity index (χ2v) is 6.80. The van der Waals surface area contributed by atoms with E-state index in [1.165, 1.54) is 23.3 Å². The Balaban J connectivity index is 2.05. The molecule has 0 saturated heterocycles. The van der Waals surface area contributed by atoms with Crippen LogP contribution in [0.2, 0.25) is 0 Å². The molecule has 0 aromatic carbocycles. The lowest BCUT2D eigenvalue weighted by Crippen LogP contribution is -2.28. The molecule has 3 heterocycles. The number of nitrogens with zero attached hydrogens (tertiary/aromatic N) is 3. The third-order valence-corrected chi connectivity index (χ3v) is 5.51. The Morgan fingerprint density at radius 2 is 1.86 bits per heavy atom. The average molecular weight is 299 g/mol. The van der Waals surface area contributed by atoms with Gasteiger partial charge in [0, 0.05) is 16.3 Å². The van der Waals surface area contributed by atoms with Crippen LogP contribution in [0.3, 0.4) is 0 Å². The second-order valence-electron chi connectivity index (χ2n) is 5.71. The van der Waals surface area contributed by atoms with Crippen molar-refractivity contribution in [1.82, 2.24) is 14.3 Å². The molecular weight excluding hydrogens is 282 g/mol. The smallest absolute Gasteiger partial charge is 0.267 e. The summed E-state index contributed by atoms with van der Waals surface area (Å²) in [5.74, 6) is 0. The van der Waals surface area contributed by atoms with Crippen LogP contribution < -0.4 is 5.56 Å². The highest BCUT2D eigenvalue weighted by Crippen LogP contribution is 2.33. The number of hydrogen-bond acceptors (Lipinski definition) is 3. The fraction of sp³-hybridized carbons (Fsp3) is 0.375. The molecule has 0 radical (unpaired) electrons. The van der Waals surface area contributed by atoms with E-state index in [2.05, 4.69) is 4.98 Å². The Morgan fingerprint density at radius 1 is 1.14 bits per heavy atom. The molecule has 0 unspecified atom stereocenters. The zero-order chi connectivity index (χ0) is 14.6. The van der Waals surface area contributed by atoms with Gasteiger partial charge in [-0.1, -0.05) is 0 Å². The summed E-state index contributed by atoms with van der Waals surface area (Å²) in [5.41, 5.74) is 3.39. The number of hydrogen-bond donors (Lipinski definition) is 0. The van der Waals surface area contributed by atoms with Gasteiger partial charge in [-0.05, 0) is 57.2 Å². The molecule has 0 N–H and O–H groups in total. The van der Waals surface area contributed by atoms with E-state index in [0.717, 1.165) is 34.4 Å². The number of aromatic nitrogens is 3. The summed E-state index contributed by atoms with van der Waals surface area (Å²) in [4.78, 5) is 19.8. The minimum absolute atomic E-state index is 0.0572. The predicted molar refractivity (Wildman–Crippen MR) is 85.2 cm³/mol. The van der Waals surface area contributed by atoms with Gasteiger partial charge in [-0.2, -0.15) is 0 Å². The quantitative estimate of drug-likeness (QED) is 0.693. The van der Waals surface area contributed by atoms with Gasteiger partial charge in [0.15, 0.2) is 0 Å². The molecule has 4 rings (SSSR count). The third kappa shape index (κ3) is 1.80. The van der Waals surface area contributed by atoms with Crippen LogP contribution in [0.15, 0.2) is 23.3 Å². The van der Waals surface area contributed by atoms with E-state index in [9.17, 15) is 4.79 Å². The van der Waals surface area contributed by atoms with E-state index in [0.29, 0.717) is 0 Å². The molecule has 3 aromatic rings. The van der Waals surface area contributed by atoms with Crippen LogP contribution in [0.4, 0.5) is 0 Å². The molecule has 4 nitrogen and oxygen atoms in total. The molecule has 0 amide bonds. The summed E-state index contributed by atoms with van der Waals surface area (Å²) in [6.07, 6.45) is 6.17. The van der Waals surface area contributed by atoms with Crippen LogP contribution in [0.1, 0.15) is 34.7 Å². The molecule has 5 heteroatoms. The van der Waals surface area contributed by atoms with Crippen LogP contribution in [0, 0.1) is 13.8 Å². The summed E-state index contributed by atoms with van der Waals surface area (Å²) in [6, 6.07) is 4.05. The molecule has 108 valence electrons. The predicted octanol–water partition coefficient (Wildman–Crippen LogP) is 3.07. The molecule has 1 aliphatic carbocycles. The summed E-state index contributed by atoms with van der Waals surface area (Å²) in [7, 11) is 0. The van der Waals surface area contributed by atoms with E-state index < -0.39 is 0 Å². The molecule has 0 fully saturated rings.